The summed E-state index contributed by atoms with van der Waals surface area (Å²) in [5.41, 5.74) is 8.31. The molecule has 20 heavy (non-hydrogen) atoms. The first-order chi connectivity index (χ1) is 9.63. The van der Waals surface area contributed by atoms with Crippen LogP contribution in [0.1, 0.15) is 17.4 Å². The van der Waals surface area contributed by atoms with Crippen LogP contribution in [0, 0.1) is 0 Å². The standard InChI is InChI=1S/C16H13Br2NO/c17-12-6-4-10(5-7-12)8-14(19)15-9-11-2-1-3-13(18)16(11)20-15/h1-7,9,14H,8,19H2. The van der Waals surface area contributed by atoms with Crippen LogP contribution >= 0.6 is 31.9 Å². The van der Waals surface area contributed by atoms with Crippen LogP contribution in [0.5, 0.6) is 0 Å². The van der Waals surface area contributed by atoms with Crippen LogP contribution in [0.25, 0.3) is 11.0 Å². The fourth-order valence-electron chi connectivity index (χ4n) is 2.21. The molecule has 0 radical (unpaired) electrons. The van der Waals surface area contributed by atoms with Crippen molar-refractivity contribution in [1.82, 2.24) is 0 Å². The van der Waals surface area contributed by atoms with Gasteiger partial charge in [-0.25, -0.2) is 0 Å². The number of para-hydroxylation sites is 1. The number of hydrogen-bond donors (Lipinski definition) is 1. The maximum Gasteiger partial charge on any atom is 0.148 e. The van der Waals surface area contributed by atoms with Gasteiger partial charge in [-0.05, 0) is 52.2 Å². The molecule has 4 heteroatoms. The van der Waals surface area contributed by atoms with Crippen molar-refractivity contribution < 1.29 is 4.42 Å². The van der Waals surface area contributed by atoms with E-state index in [1.807, 2.05) is 36.4 Å². The molecular weight excluding hydrogens is 382 g/mol. The van der Waals surface area contributed by atoms with Crippen molar-refractivity contribution >= 4 is 42.8 Å². The van der Waals surface area contributed by atoms with Crippen molar-refractivity contribution in [2.24, 2.45) is 5.73 Å². The number of rotatable bonds is 3. The second-order valence-electron chi connectivity index (χ2n) is 4.74. The Morgan fingerprint density at radius 3 is 2.50 bits per heavy atom. The maximum atomic E-state index is 6.26. The summed E-state index contributed by atoms with van der Waals surface area (Å²) < 4.78 is 7.90. The van der Waals surface area contributed by atoms with Gasteiger partial charge in [0.15, 0.2) is 0 Å². The second kappa shape index (κ2) is 5.72. The third-order valence-electron chi connectivity index (χ3n) is 3.25. The highest BCUT2D eigenvalue weighted by atomic mass is 79.9. The Hall–Kier alpha value is -1.10. The van der Waals surface area contributed by atoms with Gasteiger partial charge in [0.2, 0.25) is 0 Å². The van der Waals surface area contributed by atoms with Crippen molar-refractivity contribution in [2.45, 2.75) is 12.5 Å². The summed E-state index contributed by atoms with van der Waals surface area (Å²) in [7, 11) is 0. The van der Waals surface area contributed by atoms with Gasteiger partial charge in [-0.2, -0.15) is 0 Å². The normalized spacial score (nSPS) is 12.8. The number of halogens is 2. The number of fused-ring (bicyclic) bond motifs is 1. The molecule has 2 aromatic carbocycles. The van der Waals surface area contributed by atoms with Gasteiger partial charge < -0.3 is 10.2 Å². The van der Waals surface area contributed by atoms with Crippen LogP contribution in [-0.2, 0) is 6.42 Å². The monoisotopic (exact) mass is 393 g/mol. The summed E-state index contributed by atoms with van der Waals surface area (Å²) in [5, 5.41) is 1.07. The lowest BCUT2D eigenvalue weighted by molar-refractivity contribution is 0.493. The van der Waals surface area contributed by atoms with E-state index in [2.05, 4.69) is 44.0 Å². The van der Waals surface area contributed by atoms with Crippen LogP contribution in [0.4, 0.5) is 0 Å². The molecule has 1 atom stereocenters. The summed E-state index contributed by atoms with van der Waals surface area (Å²) in [6.07, 6.45) is 0.755. The van der Waals surface area contributed by atoms with Gasteiger partial charge in [0, 0.05) is 9.86 Å². The van der Waals surface area contributed by atoms with E-state index >= 15 is 0 Å². The van der Waals surface area contributed by atoms with Gasteiger partial charge >= 0.3 is 0 Å². The molecule has 0 spiro atoms. The zero-order valence-corrected chi connectivity index (χ0v) is 13.8. The predicted octanol–water partition coefficient (Wildman–Crippen LogP) is 5.20. The van der Waals surface area contributed by atoms with E-state index < -0.39 is 0 Å². The summed E-state index contributed by atoms with van der Waals surface area (Å²) in [4.78, 5) is 0. The van der Waals surface area contributed by atoms with Gasteiger partial charge in [-0.3, -0.25) is 0 Å². The molecule has 102 valence electrons. The number of furan rings is 1. The average molecular weight is 395 g/mol. The minimum atomic E-state index is -0.143. The number of hydrogen-bond acceptors (Lipinski definition) is 2. The summed E-state index contributed by atoms with van der Waals surface area (Å²) in [6.45, 7) is 0. The molecule has 1 heterocycles. The molecule has 3 aromatic rings. The molecule has 0 aliphatic rings. The topological polar surface area (TPSA) is 39.2 Å². The van der Waals surface area contributed by atoms with E-state index in [1.165, 1.54) is 5.56 Å². The fourth-order valence-corrected chi connectivity index (χ4v) is 2.93. The van der Waals surface area contributed by atoms with Gasteiger partial charge in [0.05, 0.1) is 10.5 Å². The summed E-state index contributed by atoms with van der Waals surface area (Å²) in [6, 6.07) is 16.1. The van der Waals surface area contributed by atoms with Gasteiger partial charge in [0.1, 0.15) is 11.3 Å². The lowest BCUT2D eigenvalue weighted by Crippen LogP contribution is -2.12. The van der Waals surface area contributed by atoms with E-state index in [0.29, 0.717) is 0 Å². The van der Waals surface area contributed by atoms with Crippen molar-refractivity contribution in [3.8, 4) is 0 Å². The third-order valence-corrected chi connectivity index (χ3v) is 4.40. The Balaban J connectivity index is 1.86. The van der Waals surface area contributed by atoms with Gasteiger partial charge in [-0.15, -0.1) is 0 Å². The molecule has 1 unspecified atom stereocenters. The summed E-state index contributed by atoms with van der Waals surface area (Å²) in [5.74, 6) is 0.815. The molecule has 0 bridgehead atoms. The Morgan fingerprint density at radius 2 is 1.80 bits per heavy atom. The Kier molecular flexibility index (Phi) is 3.96. The molecule has 3 rings (SSSR count). The van der Waals surface area contributed by atoms with Gasteiger partial charge in [0.25, 0.3) is 0 Å². The van der Waals surface area contributed by atoms with E-state index in [-0.39, 0.29) is 6.04 Å². The van der Waals surface area contributed by atoms with Crippen molar-refractivity contribution in [1.29, 1.82) is 0 Å². The van der Waals surface area contributed by atoms with Crippen LogP contribution in [0.2, 0.25) is 0 Å². The molecule has 0 saturated heterocycles. The van der Waals surface area contributed by atoms with Crippen LogP contribution in [0.3, 0.4) is 0 Å². The fraction of sp³-hybridized carbons (Fsp3) is 0.125. The van der Waals surface area contributed by atoms with E-state index in [4.69, 9.17) is 10.2 Å². The Morgan fingerprint density at radius 1 is 1.05 bits per heavy atom. The van der Waals surface area contributed by atoms with Crippen molar-refractivity contribution in [2.75, 3.05) is 0 Å². The van der Waals surface area contributed by atoms with Crippen molar-refractivity contribution in [3.05, 3.63) is 68.8 Å². The zero-order valence-electron chi connectivity index (χ0n) is 10.6. The quantitative estimate of drug-likeness (QED) is 0.662. The molecular formula is C16H13Br2NO. The predicted molar refractivity (Wildman–Crippen MR) is 88.7 cm³/mol. The largest absolute Gasteiger partial charge is 0.458 e. The first-order valence-electron chi connectivity index (χ1n) is 6.31. The van der Waals surface area contributed by atoms with Crippen LogP contribution in [-0.4, -0.2) is 0 Å². The van der Waals surface area contributed by atoms with Gasteiger partial charge in [-0.1, -0.05) is 40.2 Å². The molecule has 0 aliphatic heterocycles. The van der Waals surface area contributed by atoms with Crippen molar-refractivity contribution in [3.63, 3.8) is 0 Å². The molecule has 0 fully saturated rings. The number of benzene rings is 2. The zero-order chi connectivity index (χ0) is 14.1. The Bertz CT molecular complexity index is 734. The summed E-state index contributed by atoms with van der Waals surface area (Å²) >= 11 is 6.93. The average Bonchev–Trinajstić information content (AvgIpc) is 2.87. The number of nitrogens with two attached hydrogens (primary N) is 1. The highest BCUT2D eigenvalue weighted by molar-refractivity contribution is 9.11. The van der Waals surface area contributed by atoms with E-state index in [1.54, 1.807) is 0 Å². The van der Waals surface area contributed by atoms with E-state index in [0.717, 1.165) is 32.1 Å². The molecule has 2 N–H and O–H groups in total. The molecule has 1 aromatic heterocycles. The smallest absolute Gasteiger partial charge is 0.148 e. The minimum absolute atomic E-state index is 0.143. The first kappa shape index (κ1) is 13.9. The highest BCUT2D eigenvalue weighted by Crippen LogP contribution is 2.30. The first-order valence-corrected chi connectivity index (χ1v) is 7.90. The molecule has 0 amide bonds. The third kappa shape index (κ3) is 2.82. The SMILES string of the molecule is NC(Cc1ccc(Br)cc1)c1cc2cccc(Br)c2o1. The second-order valence-corrected chi connectivity index (χ2v) is 6.51. The lowest BCUT2D eigenvalue weighted by Gasteiger charge is -2.08. The molecule has 0 saturated carbocycles. The molecule has 2 nitrogen and oxygen atoms in total. The lowest BCUT2D eigenvalue weighted by atomic mass is 10.0. The Labute approximate surface area is 134 Å². The highest BCUT2D eigenvalue weighted by Gasteiger charge is 2.14. The molecule has 0 aliphatic carbocycles. The van der Waals surface area contributed by atoms with Crippen LogP contribution in [0.15, 0.2) is 61.9 Å². The minimum Gasteiger partial charge on any atom is -0.458 e. The maximum absolute atomic E-state index is 6.26. The van der Waals surface area contributed by atoms with Crippen LogP contribution < -0.4 is 5.73 Å². The van der Waals surface area contributed by atoms with E-state index in [9.17, 15) is 0 Å².